The Kier molecular flexibility index (Phi) is 7.32. The standard InChI is InChI=1S/C24H21ClF2N4O3/c1-2-11-31(14-22-29-30-24(34-22)16-5-3-4-6-18(16)25)23(32)10-9-21-28-13-20(33-21)17-8-7-15(26)12-19(17)27/h3-8,12-13H,2,9-11,14H2,1H3. The Morgan fingerprint density at radius 3 is 2.65 bits per heavy atom. The summed E-state index contributed by atoms with van der Waals surface area (Å²) in [6.45, 7) is 2.61. The van der Waals surface area contributed by atoms with Gasteiger partial charge in [-0.15, -0.1) is 10.2 Å². The number of aryl methyl sites for hydroxylation is 1. The van der Waals surface area contributed by atoms with Crippen LogP contribution in [-0.4, -0.2) is 32.5 Å². The molecule has 2 heterocycles. The van der Waals surface area contributed by atoms with Crippen molar-refractivity contribution in [3.05, 3.63) is 77.1 Å². The highest BCUT2D eigenvalue weighted by Gasteiger charge is 2.19. The fourth-order valence-corrected chi connectivity index (χ4v) is 3.61. The Morgan fingerprint density at radius 1 is 1.06 bits per heavy atom. The molecule has 1 amide bonds. The van der Waals surface area contributed by atoms with Crippen LogP contribution in [0.1, 0.15) is 31.5 Å². The van der Waals surface area contributed by atoms with Crippen molar-refractivity contribution in [2.45, 2.75) is 32.7 Å². The summed E-state index contributed by atoms with van der Waals surface area (Å²) >= 11 is 6.19. The fourth-order valence-electron chi connectivity index (χ4n) is 3.40. The molecule has 2 aromatic carbocycles. The summed E-state index contributed by atoms with van der Waals surface area (Å²) in [5, 5.41) is 8.58. The second-order valence-electron chi connectivity index (χ2n) is 7.54. The molecular weight excluding hydrogens is 466 g/mol. The molecule has 0 saturated carbocycles. The Morgan fingerprint density at radius 2 is 1.88 bits per heavy atom. The Hall–Kier alpha value is -3.59. The van der Waals surface area contributed by atoms with E-state index in [9.17, 15) is 13.6 Å². The molecule has 7 nitrogen and oxygen atoms in total. The number of nitrogens with zero attached hydrogens (tertiary/aromatic N) is 4. The van der Waals surface area contributed by atoms with Crippen molar-refractivity contribution in [2.75, 3.05) is 6.54 Å². The molecule has 0 bridgehead atoms. The first-order valence-corrected chi connectivity index (χ1v) is 11.1. The summed E-state index contributed by atoms with van der Waals surface area (Å²) < 4.78 is 38.4. The Labute approximate surface area is 199 Å². The van der Waals surface area contributed by atoms with Crippen LogP contribution in [0.25, 0.3) is 22.8 Å². The molecular formula is C24H21ClF2N4O3. The van der Waals surface area contributed by atoms with Gasteiger partial charge >= 0.3 is 0 Å². The lowest BCUT2D eigenvalue weighted by atomic mass is 10.2. The van der Waals surface area contributed by atoms with Gasteiger partial charge in [0.1, 0.15) is 11.6 Å². The lowest BCUT2D eigenvalue weighted by molar-refractivity contribution is -0.132. The van der Waals surface area contributed by atoms with Crippen LogP contribution in [0.4, 0.5) is 8.78 Å². The van der Waals surface area contributed by atoms with Crippen LogP contribution in [0.15, 0.2) is 57.5 Å². The molecule has 0 saturated heterocycles. The second kappa shape index (κ2) is 10.6. The Balaban J connectivity index is 1.39. The zero-order valence-electron chi connectivity index (χ0n) is 18.3. The minimum absolute atomic E-state index is 0.102. The van der Waals surface area contributed by atoms with E-state index in [1.165, 1.54) is 12.3 Å². The molecule has 2 aromatic heterocycles. The first kappa shape index (κ1) is 23.6. The zero-order chi connectivity index (χ0) is 24.1. The molecule has 0 N–H and O–H groups in total. The number of benzene rings is 2. The maximum Gasteiger partial charge on any atom is 0.249 e. The van der Waals surface area contributed by atoms with Crippen molar-refractivity contribution in [3.8, 4) is 22.8 Å². The normalized spacial score (nSPS) is 11.1. The summed E-state index contributed by atoms with van der Waals surface area (Å²) in [6.07, 6.45) is 2.44. The number of carbonyl (C=O) groups excluding carboxylic acids is 1. The van der Waals surface area contributed by atoms with Gasteiger partial charge in [0.2, 0.25) is 17.7 Å². The van der Waals surface area contributed by atoms with Gasteiger partial charge in [0.05, 0.1) is 28.9 Å². The number of amides is 1. The summed E-state index contributed by atoms with van der Waals surface area (Å²) in [4.78, 5) is 18.6. The first-order valence-electron chi connectivity index (χ1n) is 10.7. The lowest BCUT2D eigenvalue weighted by Crippen LogP contribution is -2.31. The van der Waals surface area contributed by atoms with Crippen LogP contribution in [-0.2, 0) is 17.8 Å². The largest absolute Gasteiger partial charge is 0.441 e. The Bertz CT molecular complexity index is 1290. The molecule has 4 aromatic rings. The van der Waals surface area contributed by atoms with E-state index in [0.717, 1.165) is 18.6 Å². The highest BCUT2D eigenvalue weighted by Crippen LogP contribution is 2.27. The molecule has 0 unspecified atom stereocenters. The van der Waals surface area contributed by atoms with Crippen LogP contribution in [0.2, 0.25) is 5.02 Å². The minimum atomic E-state index is -0.747. The van der Waals surface area contributed by atoms with E-state index in [4.69, 9.17) is 20.4 Å². The quantitative estimate of drug-likeness (QED) is 0.302. The number of aromatic nitrogens is 3. The third-order valence-corrected chi connectivity index (χ3v) is 5.38. The van der Waals surface area contributed by atoms with Crippen LogP contribution < -0.4 is 0 Å². The molecule has 34 heavy (non-hydrogen) atoms. The third kappa shape index (κ3) is 5.48. The zero-order valence-corrected chi connectivity index (χ0v) is 19.1. The van der Waals surface area contributed by atoms with Gasteiger partial charge in [-0.05, 0) is 30.7 Å². The average molecular weight is 487 g/mol. The summed E-state index contributed by atoms with van der Waals surface area (Å²) in [5.74, 6) is -0.545. The molecule has 4 rings (SSSR count). The van der Waals surface area contributed by atoms with Crippen molar-refractivity contribution in [3.63, 3.8) is 0 Å². The lowest BCUT2D eigenvalue weighted by Gasteiger charge is -2.19. The monoisotopic (exact) mass is 486 g/mol. The van der Waals surface area contributed by atoms with Crippen LogP contribution in [0.5, 0.6) is 0 Å². The van der Waals surface area contributed by atoms with Gasteiger partial charge in [-0.3, -0.25) is 4.79 Å². The van der Waals surface area contributed by atoms with Gasteiger partial charge in [-0.25, -0.2) is 13.8 Å². The van der Waals surface area contributed by atoms with Gasteiger partial charge in [0.25, 0.3) is 0 Å². The van der Waals surface area contributed by atoms with E-state index in [2.05, 4.69) is 15.2 Å². The topological polar surface area (TPSA) is 85.3 Å². The van der Waals surface area contributed by atoms with Crippen molar-refractivity contribution in [2.24, 2.45) is 0 Å². The number of halogens is 3. The number of rotatable bonds is 9. The van der Waals surface area contributed by atoms with Gasteiger partial charge in [-0.1, -0.05) is 30.7 Å². The van der Waals surface area contributed by atoms with Gasteiger partial charge < -0.3 is 13.7 Å². The molecule has 0 fully saturated rings. The fraction of sp³-hybridized carbons (Fsp3) is 0.250. The van der Waals surface area contributed by atoms with Crippen molar-refractivity contribution in [1.82, 2.24) is 20.1 Å². The predicted octanol–water partition coefficient (Wildman–Crippen LogP) is 5.69. The molecule has 0 aliphatic heterocycles. The molecule has 0 aliphatic rings. The maximum atomic E-state index is 14.0. The SMILES string of the molecule is CCCN(Cc1nnc(-c2ccccc2Cl)o1)C(=O)CCc1ncc(-c2ccc(F)cc2F)o1. The molecule has 10 heteroatoms. The highest BCUT2D eigenvalue weighted by atomic mass is 35.5. The van der Waals surface area contributed by atoms with E-state index in [1.54, 1.807) is 23.1 Å². The summed E-state index contributed by atoms with van der Waals surface area (Å²) in [5.41, 5.74) is 0.721. The smallest absolute Gasteiger partial charge is 0.249 e. The van der Waals surface area contributed by atoms with Gasteiger partial charge in [0.15, 0.2) is 11.7 Å². The average Bonchev–Trinajstić information content (AvgIpc) is 3.47. The van der Waals surface area contributed by atoms with E-state index >= 15 is 0 Å². The number of hydrogen-bond acceptors (Lipinski definition) is 6. The molecule has 0 atom stereocenters. The van der Waals surface area contributed by atoms with Gasteiger partial charge in [0, 0.05) is 25.5 Å². The molecule has 0 aliphatic carbocycles. The second-order valence-corrected chi connectivity index (χ2v) is 7.95. The van der Waals surface area contributed by atoms with E-state index in [-0.39, 0.29) is 48.4 Å². The number of hydrogen-bond donors (Lipinski definition) is 0. The van der Waals surface area contributed by atoms with Crippen molar-refractivity contribution in [1.29, 1.82) is 0 Å². The van der Waals surface area contributed by atoms with Crippen LogP contribution in [0, 0.1) is 11.6 Å². The van der Waals surface area contributed by atoms with Crippen LogP contribution >= 0.6 is 11.6 Å². The summed E-state index contributed by atoms with van der Waals surface area (Å²) in [7, 11) is 0. The molecule has 0 spiro atoms. The first-order chi connectivity index (χ1) is 16.4. The third-order valence-electron chi connectivity index (χ3n) is 5.05. The number of carbonyl (C=O) groups is 1. The summed E-state index contributed by atoms with van der Waals surface area (Å²) in [6, 6.07) is 10.3. The van der Waals surface area contributed by atoms with E-state index < -0.39 is 11.6 Å². The minimum Gasteiger partial charge on any atom is -0.441 e. The van der Waals surface area contributed by atoms with E-state index in [0.29, 0.717) is 23.0 Å². The number of oxazole rings is 1. The highest BCUT2D eigenvalue weighted by molar-refractivity contribution is 6.33. The van der Waals surface area contributed by atoms with E-state index in [1.807, 2.05) is 13.0 Å². The molecule has 176 valence electrons. The maximum absolute atomic E-state index is 14.0. The molecule has 0 radical (unpaired) electrons. The van der Waals surface area contributed by atoms with Crippen molar-refractivity contribution >= 4 is 17.5 Å². The van der Waals surface area contributed by atoms with Crippen LogP contribution in [0.3, 0.4) is 0 Å². The van der Waals surface area contributed by atoms with Gasteiger partial charge in [-0.2, -0.15) is 0 Å². The predicted molar refractivity (Wildman–Crippen MR) is 121 cm³/mol. The van der Waals surface area contributed by atoms with Crippen molar-refractivity contribution < 1.29 is 22.4 Å².